The monoisotopic (exact) mass is 474 g/mol. The largest absolute Gasteiger partial charge is 0.463 e. The van der Waals surface area contributed by atoms with Crippen LogP contribution in [-0.4, -0.2) is 72.0 Å². The smallest absolute Gasteiger partial charge is 0.308 e. The molecule has 1 aromatic rings. The molecule has 3 amide bonds. The zero-order chi connectivity index (χ0) is 24.7. The van der Waals surface area contributed by atoms with Crippen LogP contribution in [0.1, 0.15) is 31.7 Å². The number of nitro groups is 1. The summed E-state index contributed by atoms with van der Waals surface area (Å²) in [4.78, 5) is 61.6. The average Bonchev–Trinajstić information content (AvgIpc) is 3.32. The molecular weight excluding hydrogens is 448 g/mol. The molecule has 2 unspecified atom stereocenters. The molecule has 34 heavy (non-hydrogen) atoms. The van der Waals surface area contributed by atoms with E-state index in [9.17, 15) is 29.3 Å². The molecule has 2 saturated heterocycles. The zero-order valence-electron chi connectivity index (χ0n) is 18.7. The van der Waals surface area contributed by atoms with Gasteiger partial charge in [-0.2, -0.15) is 0 Å². The van der Waals surface area contributed by atoms with Gasteiger partial charge in [0.25, 0.3) is 11.6 Å². The van der Waals surface area contributed by atoms with Gasteiger partial charge in [-0.25, -0.2) is 0 Å². The van der Waals surface area contributed by atoms with Crippen molar-refractivity contribution in [1.82, 2.24) is 15.5 Å². The molecule has 0 spiro atoms. The van der Waals surface area contributed by atoms with Crippen molar-refractivity contribution in [3.05, 3.63) is 45.6 Å². The fourth-order valence-corrected chi connectivity index (χ4v) is 3.73. The summed E-state index contributed by atoms with van der Waals surface area (Å²) in [5.41, 5.74) is -0.0618. The Morgan fingerprint density at radius 1 is 1.38 bits per heavy atom. The lowest BCUT2D eigenvalue weighted by Crippen LogP contribution is -2.58. The summed E-state index contributed by atoms with van der Waals surface area (Å²) in [7, 11) is 0. The van der Waals surface area contributed by atoms with Crippen LogP contribution >= 0.6 is 0 Å². The van der Waals surface area contributed by atoms with Gasteiger partial charge < -0.3 is 25.0 Å². The van der Waals surface area contributed by atoms with E-state index in [4.69, 9.17) is 9.47 Å². The highest BCUT2D eigenvalue weighted by Crippen LogP contribution is 2.19. The predicted octanol–water partition coefficient (Wildman–Crippen LogP) is 0.511. The number of non-ortho nitro benzene ring substituents is 1. The van der Waals surface area contributed by atoms with E-state index in [1.54, 1.807) is 0 Å². The number of hydrogen-bond acceptors (Lipinski definition) is 8. The second-order valence-corrected chi connectivity index (χ2v) is 7.92. The van der Waals surface area contributed by atoms with Crippen molar-refractivity contribution in [1.29, 1.82) is 0 Å². The Morgan fingerprint density at radius 2 is 2.18 bits per heavy atom. The molecule has 2 heterocycles. The molecular formula is C22H26N4O8. The molecule has 1 aromatic carbocycles. The molecule has 0 radical (unpaired) electrons. The molecule has 182 valence electrons. The van der Waals surface area contributed by atoms with E-state index in [2.05, 4.69) is 10.6 Å². The van der Waals surface area contributed by atoms with Crippen molar-refractivity contribution in [3.8, 4) is 0 Å². The number of nitrogens with zero attached hydrogens (tertiary/aromatic N) is 2. The normalized spacial score (nSPS) is 20.4. The van der Waals surface area contributed by atoms with Crippen LogP contribution in [0.15, 0.2) is 30.0 Å². The Balaban J connectivity index is 1.79. The number of benzene rings is 1. The van der Waals surface area contributed by atoms with Crippen LogP contribution in [-0.2, 0) is 28.7 Å². The van der Waals surface area contributed by atoms with Crippen molar-refractivity contribution in [2.24, 2.45) is 0 Å². The minimum atomic E-state index is -1.14. The number of hydrogen-bond donors (Lipinski definition) is 2. The quantitative estimate of drug-likeness (QED) is 0.239. The summed E-state index contributed by atoms with van der Waals surface area (Å²) in [5.74, 6) is -2.42. The standard InChI is InChI=1S/C22H26N4O8/c1-14(27)24-18(11-15-4-2-5-16(10-15)26(31)32)22(30)25-8-7-23-21(29)19(25)12-20(28)34-13-17-6-3-9-33-17/h2,4-5,10-11,17,19H,3,6-9,12-13H2,1H3,(H,23,29)(H,24,27). The third-order valence-corrected chi connectivity index (χ3v) is 5.34. The average molecular weight is 474 g/mol. The van der Waals surface area contributed by atoms with Gasteiger partial charge in [-0.05, 0) is 24.5 Å². The van der Waals surface area contributed by atoms with Crippen molar-refractivity contribution >= 4 is 35.5 Å². The predicted molar refractivity (Wildman–Crippen MR) is 118 cm³/mol. The van der Waals surface area contributed by atoms with Crippen LogP contribution in [0.4, 0.5) is 5.69 Å². The van der Waals surface area contributed by atoms with E-state index in [0.29, 0.717) is 12.2 Å². The molecule has 3 rings (SSSR count). The van der Waals surface area contributed by atoms with Crippen LogP contribution in [0, 0.1) is 10.1 Å². The van der Waals surface area contributed by atoms with E-state index in [-0.39, 0.29) is 43.6 Å². The third kappa shape index (κ3) is 6.61. The lowest BCUT2D eigenvalue weighted by atomic mass is 10.1. The van der Waals surface area contributed by atoms with E-state index in [1.165, 1.54) is 42.2 Å². The van der Waals surface area contributed by atoms with Gasteiger partial charge in [-0.1, -0.05) is 12.1 Å². The topological polar surface area (TPSA) is 157 Å². The maximum Gasteiger partial charge on any atom is 0.308 e. The Labute approximate surface area is 195 Å². The number of carbonyl (C=O) groups excluding carboxylic acids is 4. The van der Waals surface area contributed by atoms with Crippen molar-refractivity contribution in [2.75, 3.05) is 26.3 Å². The highest BCUT2D eigenvalue weighted by Gasteiger charge is 2.36. The number of amides is 3. The van der Waals surface area contributed by atoms with Crippen LogP contribution in [0.5, 0.6) is 0 Å². The Morgan fingerprint density at radius 3 is 2.85 bits per heavy atom. The summed E-state index contributed by atoms with van der Waals surface area (Å²) < 4.78 is 10.6. The maximum absolute atomic E-state index is 13.3. The van der Waals surface area contributed by atoms with Gasteiger partial charge >= 0.3 is 5.97 Å². The molecule has 0 bridgehead atoms. The molecule has 2 aliphatic rings. The molecule has 2 fully saturated rings. The SMILES string of the molecule is CC(=O)NC(=Cc1cccc([N+](=O)[O-])c1)C(=O)N1CCNC(=O)C1CC(=O)OCC1CCCO1. The molecule has 12 heteroatoms. The molecule has 2 atom stereocenters. The number of piperazine rings is 1. The van der Waals surface area contributed by atoms with Crippen LogP contribution in [0.3, 0.4) is 0 Å². The number of nitro benzene ring substituents is 1. The molecule has 2 aliphatic heterocycles. The number of rotatable bonds is 8. The van der Waals surface area contributed by atoms with Crippen molar-refractivity contribution < 1.29 is 33.6 Å². The Bertz CT molecular complexity index is 1000. The summed E-state index contributed by atoms with van der Waals surface area (Å²) >= 11 is 0. The maximum atomic E-state index is 13.3. The Hall–Kier alpha value is -3.80. The van der Waals surface area contributed by atoms with Gasteiger partial charge in [0.05, 0.1) is 17.4 Å². The van der Waals surface area contributed by atoms with Gasteiger partial charge in [0, 0.05) is 38.8 Å². The molecule has 0 saturated carbocycles. The number of esters is 1. The van der Waals surface area contributed by atoms with Crippen LogP contribution in [0.2, 0.25) is 0 Å². The lowest BCUT2D eigenvalue weighted by molar-refractivity contribution is -0.384. The van der Waals surface area contributed by atoms with Crippen molar-refractivity contribution in [2.45, 2.75) is 38.3 Å². The van der Waals surface area contributed by atoms with Gasteiger partial charge in [-0.15, -0.1) is 0 Å². The molecule has 2 N–H and O–H groups in total. The van der Waals surface area contributed by atoms with E-state index >= 15 is 0 Å². The summed E-state index contributed by atoms with van der Waals surface area (Å²) in [6.07, 6.45) is 2.42. The third-order valence-electron chi connectivity index (χ3n) is 5.34. The summed E-state index contributed by atoms with van der Waals surface area (Å²) in [6.45, 7) is 2.15. The second-order valence-electron chi connectivity index (χ2n) is 7.92. The first kappa shape index (κ1) is 24.8. The minimum absolute atomic E-state index is 0.0744. The second kappa shape index (κ2) is 11.4. The summed E-state index contributed by atoms with van der Waals surface area (Å²) in [5, 5.41) is 16.1. The van der Waals surface area contributed by atoms with E-state index in [0.717, 1.165) is 12.8 Å². The van der Waals surface area contributed by atoms with E-state index in [1.807, 2.05) is 0 Å². The Kier molecular flexibility index (Phi) is 8.30. The first-order valence-corrected chi connectivity index (χ1v) is 10.8. The van der Waals surface area contributed by atoms with Gasteiger partial charge in [-0.3, -0.25) is 29.3 Å². The fourth-order valence-electron chi connectivity index (χ4n) is 3.73. The minimum Gasteiger partial charge on any atom is -0.463 e. The molecule has 0 aliphatic carbocycles. The number of nitrogens with one attached hydrogen (secondary N) is 2. The van der Waals surface area contributed by atoms with Gasteiger partial charge in [0.2, 0.25) is 11.8 Å². The van der Waals surface area contributed by atoms with Gasteiger partial charge in [0.15, 0.2) is 0 Å². The highest BCUT2D eigenvalue weighted by atomic mass is 16.6. The molecule has 0 aromatic heterocycles. The van der Waals surface area contributed by atoms with Crippen molar-refractivity contribution in [3.63, 3.8) is 0 Å². The van der Waals surface area contributed by atoms with Gasteiger partial charge in [0.1, 0.15) is 18.3 Å². The highest BCUT2D eigenvalue weighted by molar-refractivity contribution is 6.03. The summed E-state index contributed by atoms with van der Waals surface area (Å²) in [6, 6.07) is 4.38. The fraction of sp³-hybridized carbons (Fsp3) is 0.455. The number of ether oxygens (including phenoxy) is 2. The zero-order valence-corrected chi connectivity index (χ0v) is 18.7. The van der Waals surface area contributed by atoms with E-state index < -0.39 is 34.7 Å². The first-order chi connectivity index (χ1) is 16.2. The van der Waals surface area contributed by atoms with Crippen LogP contribution in [0.25, 0.3) is 6.08 Å². The lowest BCUT2D eigenvalue weighted by Gasteiger charge is -2.35. The number of carbonyl (C=O) groups is 4. The first-order valence-electron chi connectivity index (χ1n) is 10.8. The molecule has 12 nitrogen and oxygen atoms in total. The van der Waals surface area contributed by atoms with Crippen LogP contribution < -0.4 is 10.6 Å².